The van der Waals surface area contributed by atoms with Crippen LogP contribution < -0.4 is 5.73 Å². The van der Waals surface area contributed by atoms with Gasteiger partial charge in [0, 0.05) is 56.2 Å². The van der Waals surface area contributed by atoms with Crippen LogP contribution in [0, 0.1) is 0 Å². The van der Waals surface area contributed by atoms with Crippen molar-refractivity contribution in [1.29, 1.82) is 0 Å². The molecule has 3 heterocycles. The number of nitrogen functional groups attached to an aromatic ring is 1. The van der Waals surface area contributed by atoms with Crippen molar-refractivity contribution in [1.82, 2.24) is 24.3 Å². The molecule has 128 valence electrons. The quantitative estimate of drug-likeness (QED) is 0.879. The summed E-state index contributed by atoms with van der Waals surface area (Å²) >= 11 is 1.51. The zero-order chi connectivity index (χ0) is 15.5. The van der Waals surface area contributed by atoms with Crippen molar-refractivity contribution in [2.24, 2.45) is 0 Å². The van der Waals surface area contributed by atoms with E-state index in [2.05, 4.69) is 19.8 Å². The molecule has 3 rings (SSSR count). The predicted octanol–water partition coefficient (Wildman–Crippen LogP) is 2.06. The third kappa shape index (κ3) is 4.60. The van der Waals surface area contributed by atoms with Crippen LogP contribution in [0.5, 0.6) is 0 Å². The number of thiazole rings is 1. The average Bonchev–Trinajstić information content (AvgIpc) is 3.10. The summed E-state index contributed by atoms with van der Waals surface area (Å²) in [5.41, 5.74) is 5.63. The van der Waals surface area contributed by atoms with Gasteiger partial charge in [0.25, 0.3) is 0 Å². The number of nitrogens with zero attached hydrogens (tertiary/aromatic N) is 5. The summed E-state index contributed by atoms with van der Waals surface area (Å²) in [6, 6.07) is 0. The molecule has 1 saturated heterocycles. The molecular weight excluding hydrogens is 346 g/mol. The summed E-state index contributed by atoms with van der Waals surface area (Å²) in [5.74, 6) is 0.415. The second-order valence-electron chi connectivity index (χ2n) is 5.25. The second kappa shape index (κ2) is 8.00. The molecule has 2 aromatic rings. The lowest BCUT2D eigenvalue weighted by Gasteiger charge is -2.34. The summed E-state index contributed by atoms with van der Waals surface area (Å²) in [7, 11) is 0. The van der Waals surface area contributed by atoms with E-state index in [1.165, 1.54) is 23.7 Å². The van der Waals surface area contributed by atoms with Crippen molar-refractivity contribution in [3.63, 3.8) is 0 Å². The molecule has 1 fully saturated rings. The highest BCUT2D eigenvalue weighted by atomic mass is 35.5. The summed E-state index contributed by atoms with van der Waals surface area (Å²) in [5, 5.41) is 0.590. The number of piperazine rings is 1. The zero-order valence-corrected chi connectivity index (χ0v) is 14.1. The van der Waals surface area contributed by atoms with Gasteiger partial charge < -0.3 is 5.73 Å². The lowest BCUT2D eigenvalue weighted by molar-refractivity contribution is 0.0603. The zero-order valence-electron chi connectivity index (χ0n) is 12.4. The molecule has 0 spiro atoms. The fraction of sp³-hybridized carbons (Fsp3) is 0.538. The Balaban J connectivity index is 0.00000192. The molecule has 0 amide bonds. The van der Waals surface area contributed by atoms with Crippen LogP contribution in [-0.2, 0) is 13.1 Å². The van der Waals surface area contributed by atoms with Crippen LogP contribution in [0.2, 0.25) is 0 Å². The molecule has 1 aliphatic heterocycles. The van der Waals surface area contributed by atoms with Crippen LogP contribution in [0.25, 0.3) is 0 Å². The standard InChI is InChI=1S/C13H18F2N6S.ClH/c14-12(15)21-2-1-17-11(21)9-20-5-3-19(4-6-20)8-10-7-18-13(16)22-10;/h1-2,7,12H,3-6,8-9H2,(H2,16,18);1H. The largest absolute Gasteiger partial charge is 0.375 e. The van der Waals surface area contributed by atoms with Gasteiger partial charge in [0.2, 0.25) is 0 Å². The lowest BCUT2D eigenvalue weighted by atomic mass is 10.3. The Morgan fingerprint density at radius 3 is 2.35 bits per heavy atom. The number of hydrogen-bond donors (Lipinski definition) is 1. The van der Waals surface area contributed by atoms with E-state index < -0.39 is 6.55 Å². The smallest absolute Gasteiger partial charge is 0.319 e. The van der Waals surface area contributed by atoms with E-state index in [1.807, 2.05) is 6.20 Å². The number of hydrogen-bond acceptors (Lipinski definition) is 6. The number of aromatic nitrogens is 3. The molecular formula is C13H19ClF2N6S. The van der Waals surface area contributed by atoms with Gasteiger partial charge in [-0.1, -0.05) is 0 Å². The average molecular weight is 365 g/mol. The summed E-state index contributed by atoms with van der Waals surface area (Å²) in [6.07, 6.45) is 4.56. The fourth-order valence-electron chi connectivity index (χ4n) is 2.57. The van der Waals surface area contributed by atoms with Crippen LogP contribution in [0.15, 0.2) is 18.6 Å². The Labute approximate surface area is 143 Å². The minimum atomic E-state index is -2.53. The van der Waals surface area contributed by atoms with Gasteiger partial charge in [0.1, 0.15) is 5.82 Å². The fourth-order valence-corrected chi connectivity index (χ4v) is 3.29. The molecule has 2 N–H and O–H groups in total. The van der Waals surface area contributed by atoms with Gasteiger partial charge in [-0.25, -0.2) is 9.97 Å². The second-order valence-corrected chi connectivity index (χ2v) is 6.39. The van der Waals surface area contributed by atoms with Crippen LogP contribution >= 0.6 is 23.7 Å². The minimum Gasteiger partial charge on any atom is -0.375 e. The molecule has 1 aliphatic rings. The molecule has 6 nitrogen and oxygen atoms in total. The third-order valence-corrected chi connectivity index (χ3v) is 4.55. The first-order valence-electron chi connectivity index (χ1n) is 7.06. The molecule has 0 atom stereocenters. The molecule has 2 aromatic heterocycles. The minimum absolute atomic E-state index is 0. The van der Waals surface area contributed by atoms with Crippen molar-refractivity contribution in [2.75, 3.05) is 31.9 Å². The topological polar surface area (TPSA) is 63.2 Å². The molecule has 0 bridgehead atoms. The number of imidazole rings is 1. The van der Waals surface area contributed by atoms with E-state index in [9.17, 15) is 8.78 Å². The maximum atomic E-state index is 12.8. The van der Waals surface area contributed by atoms with Crippen LogP contribution in [0.4, 0.5) is 13.9 Å². The van der Waals surface area contributed by atoms with E-state index in [1.54, 1.807) is 0 Å². The van der Waals surface area contributed by atoms with Crippen LogP contribution in [0.3, 0.4) is 0 Å². The first-order valence-corrected chi connectivity index (χ1v) is 7.88. The summed E-state index contributed by atoms with van der Waals surface area (Å²) in [4.78, 5) is 13.7. The molecule has 10 heteroatoms. The first kappa shape index (κ1) is 18.1. The van der Waals surface area contributed by atoms with Gasteiger partial charge in [-0.15, -0.1) is 23.7 Å². The Bertz CT molecular complexity index is 611. The van der Waals surface area contributed by atoms with Crippen molar-refractivity contribution < 1.29 is 8.78 Å². The number of nitrogens with two attached hydrogens (primary N) is 1. The summed E-state index contributed by atoms with van der Waals surface area (Å²) in [6.45, 7) is 2.23. The van der Waals surface area contributed by atoms with E-state index >= 15 is 0 Å². The Hall–Kier alpha value is -1.29. The highest BCUT2D eigenvalue weighted by Gasteiger charge is 2.20. The molecule has 0 aliphatic carbocycles. The number of anilines is 1. The van der Waals surface area contributed by atoms with E-state index in [0.29, 0.717) is 17.5 Å². The van der Waals surface area contributed by atoms with E-state index in [-0.39, 0.29) is 12.4 Å². The predicted molar refractivity (Wildman–Crippen MR) is 87.8 cm³/mol. The highest BCUT2D eigenvalue weighted by molar-refractivity contribution is 7.15. The van der Waals surface area contributed by atoms with Gasteiger partial charge in [-0.05, 0) is 0 Å². The Morgan fingerprint density at radius 1 is 1.13 bits per heavy atom. The number of alkyl halides is 2. The summed E-state index contributed by atoms with van der Waals surface area (Å²) < 4.78 is 26.5. The van der Waals surface area contributed by atoms with Crippen molar-refractivity contribution in [2.45, 2.75) is 19.6 Å². The van der Waals surface area contributed by atoms with Gasteiger partial charge in [-0.3, -0.25) is 14.4 Å². The highest BCUT2D eigenvalue weighted by Crippen LogP contribution is 2.18. The first-order chi connectivity index (χ1) is 10.6. The van der Waals surface area contributed by atoms with E-state index in [4.69, 9.17) is 5.73 Å². The van der Waals surface area contributed by atoms with Crippen LogP contribution in [0.1, 0.15) is 17.3 Å². The van der Waals surface area contributed by atoms with Crippen LogP contribution in [-0.4, -0.2) is 50.5 Å². The Morgan fingerprint density at radius 2 is 1.78 bits per heavy atom. The van der Waals surface area contributed by atoms with Crippen molar-refractivity contribution >= 4 is 28.9 Å². The molecule has 0 radical (unpaired) electrons. The number of halogens is 3. The molecule has 0 saturated carbocycles. The monoisotopic (exact) mass is 364 g/mol. The maximum Gasteiger partial charge on any atom is 0.319 e. The van der Waals surface area contributed by atoms with Gasteiger partial charge in [0.05, 0.1) is 6.54 Å². The van der Waals surface area contributed by atoms with Gasteiger partial charge >= 0.3 is 6.55 Å². The number of rotatable bonds is 5. The van der Waals surface area contributed by atoms with Gasteiger partial charge in [0.15, 0.2) is 5.13 Å². The van der Waals surface area contributed by atoms with Crippen molar-refractivity contribution in [3.05, 3.63) is 29.3 Å². The van der Waals surface area contributed by atoms with Crippen molar-refractivity contribution in [3.8, 4) is 0 Å². The lowest BCUT2D eigenvalue weighted by Crippen LogP contribution is -2.45. The van der Waals surface area contributed by atoms with Gasteiger partial charge in [-0.2, -0.15) is 8.78 Å². The molecule has 0 unspecified atom stereocenters. The maximum absolute atomic E-state index is 12.8. The molecule has 23 heavy (non-hydrogen) atoms. The Kier molecular flexibility index (Phi) is 6.28. The SMILES string of the molecule is Cl.Nc1ncc(CN2CCN(Cc3nccn3C(F)F)CC2)s1. The molecule has 0 aromatic carbocycles. The third-order valence-electron chi connectivity index (χ3n) is 3.74. The normalized spacial score (nSPS) is 16.7. The van der Waals surface area contributed by atoms with E-state index in [0.717, 1.165) is 42.2 Å².